The molecule has 4 N–H and O–H groups in total. The van der Waals surface area contributed by atoms with E-state index in [1.807, 2.05) is 16.7 Å². The topological polar surface area (TPSA) is 186 Å². The van der Waals surface area contributed by atoms with Gasteiger partial charge < -0.3 is 25.0 Å². The van der Waals surface area contributed by atoms with E-state index in [2.05, 4.69) is 21.7 Å². The van der Waals surface area contributed by atoms with Crippen LogP contribution < -0.4 is 14.8 Å². The molecule has 0 spiro atoms. The van der Waals surface area contributed by atoms with E-state index >= 15 is 0 Å². The Morgan fingerprint density at radius 3 is 1.83 bits per heavy atom. The van der Waals surface area contributed by atoms with Crippen LogP contribution in [0.2, 0.25) is 0 Å². The number of carboxylic acid groups (broad SMARTS) is 2. The number of benzene rings is 1. The molecule has 0 bridgehead atoms. The lowest BCUT2D eigenvalue weighted by Gasteiger charge is -2.28. The summed E-state index contributed by atoms with van der Waals surface area (Å²) in [7, 11) is -5.12. The largest absolute Gasteiger partial charge is 0.488 e. The van der Waals surface area contributed by atoms with Gasteiger partial charge in [-0.3, -0.25) is 33.9 Å². The van der Waals surface area contributed by atoms with E-state index < -0.39 is 22.4 Å². The fourth-order valence-electron chi connectivity index (χ4n) is 4.84. The Morgan fingerprint density at radius 1 is 0.745 bits per heavy atom. The Balaban J connectivity index is 2.39. The zero-order valence-electron chi connectivity index (χ0n) is 27.6. The molecule has 1 aromatic carbocycles. The maximum absolute atomic E-state index is 12.7. The summed E-state index contributed by atoms with van der Waals surface area (Å²) in [6.07, 6.45) is 5.47. The van der Waals surface area contributed by atoms with E-state index in [9.17, 15) is 41.7 Å². The first-order valence-electron chi connectivity index (χ1n) is 16.2. The number of aliphatic carboxylic acids is 2. The molecule has 14 nitrogen and oxygen atoms in total. The molecule has 2 amide bonds. The number of nitrogens with one attached hydrogen (secondary N) is 2. The fourth-order valence-corrected chi connectivity index (χ4v) is 5.17. The lowest BCUT2D eigenvalue weighted by molar-refractivity contribution is -0.140. The number of aryl methyl sites for hydroxylation is 1. The van der Waals surface area contributed by atoms with Crippen molar-refractivity contribution in [2.24, 2.45) is 0 Å². The van der Waals surface area contributed by atoms with Crippen LogP contribution in [0, 0.1) is 0 Å². The molecule has 0 saturated heterocycles. The molecule has 0 aliphatic rings. The summed E-state index contributed by atoms with van der Waals surface area (Å²) in [4.78, 5) is 53.1. The second-order valence-corrected chi connectivity index (χ2v) is 12.3. The summed E-state index contributed by atoms with van der Waals surface area (Å²) >= 11 is 0. The first kappa shape index (κ1) is 41.7. The van der Waals surface area contributed by atoms with Crippen molar-refractivity contribution in [1.82, 2.24) is 25.3 Å². The minimum absolute atomic E-state index is 0.0922. The van der Waals surface area contributed by atoms with Gasteiger partial charge in [-0.15, -0.1) is 0 Å². The molecule has 1 rings (SSSR count). The van der Waals surface area contributed by atoms with E-state index in [4.69, 9.17) is 0 Å². The van der Waals surface area contributed by atoms with Gasteiger partial charge in [0, 0.05) is 45.7 Å². The highest BCUT2D eigenvalue weighted by Gasteiger charge is 2.17. The smallest absolute Gasteiger partial charge is 0.480 e. The van der Waals surface area contributed by atoms with Crippen LogP contribution >= 0.6 is 0 Å². The normalized spacial score (nSPS) is 11.6. The number of rotatable bonds is 28. The summed E-state index contributed by atoms with van der Waals surface area (Å²) in [6.45, 7) is 7.88. The zero-order chi connectivity index (χ0) is 35.1. The number of amides is 2. The molecule has 0 radical (unpaired) electrons. The monoisotopic (exact) mass is 689 g/mol. The van der Waals surface area contributed by atoms with Crippen LogP contribution in [-0.2, 0) is 36.1 Å². The minimum atomic E-state index is -5.12. The summed E-state index contributed by atoms with van der Waals surface area (Å²) in [5, 5.41) is 24.3. The molecule has 0 saturated carbocycles. The van der Waals surface area contributed by atoms with Crippen LogP contribution in [0.25, 0.3) is 0 Å². The van der Waals surface area contributed by atoms with Crippen molar-refractivity contribution >= 4 is 34.3 Å². The van der Waals surface area contributed by atoms with Crippen LogP contribution in [0.1, 0.15) is 64.4 Å². The Morgan fingerprint density at radius 2 is 1.30 bits per heavy atom. The van der Waals surface area contributed by atoms with Crippen molar-refractivity contribution in [1.29, 1.82) is 0 Å². The van der Waals surface area contributed by atoms with Crippen LogP contribution in [-0.4, -0.2) is 129 Å². The lowest BCUT2D eigenvalue weighted by Crippen LogP contribution is -2.45. The minimum Gasteiger partial charge on any atom is -0.480 e. The van der Waals surface area contributed by atoms with Gasteiger partial charge >= 0.3 is 22.4 Å². The number of hydrogen-bond acceptors (Lipinski definition) is 10. The lowest BCUT2D eigenvalue weighted by atomic mass is 10.1. The van der Waals surface area contributed by atoms with Gasteiger partial charge in [-0.1, -0.05) is 42.7 Å². The number of carbonyl (C=O) groups excluding carboxylic acids is 2. The Bertz CT molecular complexity index is 1210. The second-order valence-electron chi connectivity index (χ2n) is 11.4. The highest BCUT2D eigenvalue weighted by Crippen LogP contribution is 2.17. The van der Waals surface area contributed by atoms with Crippen LogP contribution in [0.4, 0.5) is 3.89 Å². The van der Waals surface area contributed by atoms with Crippen LogP contribution in [0.15, 0.2) is 24.3 Å². The van der Waals surface area contributed by atoms with Gasteiger partial charge in [0.2, 0.25) is 11.8 Å². The molecular weight excluding hydrogens is 637 g/mol. The number of unbranched alkanes of at least 4 members (excludes halogenated alkanes) is 3. The summed E-state index contributed by atoms with van der Waals surface area (Å²) in [5.74, 6) is -2.40. The van der Waals surface area contributed by atoms with Gasteiger partial charge in [0.25, 0.3) is 0 Å². The molecule has 268 valence electrons. The first-order valence-corrected chi connectivity index (χ1v) is 17.5. The van der Waals surface area contributed by atoms with Gasteiger partial charge in [0.05, 0.1) is 19.6 Å². The van der Waals surface area contributed by atoms with E-state index in [0.29, 0.717) is 77.2 Å². The summed E-state index contributed by atoms with van der Waals surface area (Å²) in [5.41, 5.74) is 0.621. The molecule has 16 heteroatoms. The van der Waals surface area contributed by atoms with Crippen molar-refractivity contribution in [3.8, 4) is 5.75 Å². The molecule has 0 unspecified atom stereocenters. The van der Waals surface area contributed by atoms with Gasteiger partial charge in [-0.2, -0.15) is 8.42 Å². The molecular formula is C31H52FN5O9S. The zero-order valence-corrected chi connectivity index (χ0v) is 28.4. The van der Waals surface area contributed by atoms with Crippen molar-refractivity contribution < 1.29 is 45.9 Å². The van der Waals surface area contributed by atoms with Crippen molar-refractivity contribution in [2.75, 3.05) is 72.0 Å². The Hall–Kier alpha value is -3.34. The fraction of sp³-hybridized carbons (Fsp3) is 0.677. The SMILES string of the molecule is CCCCCN(CCN(CCN(CCC)CC(=O)NCCCCNC(=O)CCc1cccc(OS(=O)(=O)F)c1)CC(=O)O)CC(=O)O. The molecule has 0 aliphatic carbocycles. The van der Waals surface area contributed by atoms with Crippen LogP contribution in [0.5, 0.6) is 5.75 Å². The Labute approximate surface area is 278 Å². The molecule has 1 aromatic rings. The number of halogens is 1. The average molecular weight is 690 g/mol. The van der Waals surface area contributed by atoms with E-state index in [1.54, 1.807) is 11.0 Å². The predicted octanol–water partition coefficient (Wildman–Crippen LogP) is 1.90. The predicted molar refractivity (Wildman–Crippen MR) is 175 cm³/mol. The molecule has 47 heavy (non-hydrogen) atoms. The van der Waals surface area contributed by atoms with Gasteiger partial charge in [-0.05, 0) is 62.9 Å². The van der Waals surface area contributed by atoms with Gasteiger partial charge in [-0.25, -0.2) is 0 Å². The standard InChI is InChI=1S/C31H52FN5O9S/c1-3-5-8-17-36(24-30(40)41)19-21-37(25-31(42)43)20-18-35(16-4-2)23-29(39)34-15-7-6-14-33-28(38)13-12-26-10-9-11-27(22-26)46-47(32,44)45/h9-11,22H,3-8,12-21,23-25H2,1-2H3,(H,33,38)(H,34,39)(H,40,41)(H,42,43). The maximum atomic E-state index is 12.7. The third kappa shape index (κ3) is 22.8. The maximum Gasteiger partial charge on any atom is 0.488 e. The first-order chi connectivity index (χ1) is 22.3. The quantitative estimate of drug-likeness (QED) is 0.0741. The second kappa shape index (κ2) is 23.9. The van der Waals surface area contributed by atoms with Crippen molar-refractivity contribution in [3.05, 3.63) is 29.8 Å². The van der Waals surface area contributed by atoms with E-state index in [0.717, 1.165) is 25.7 Å². The molecule has 0 fully saturated rings. The highest BCUT2D eigenvalue weighted by molar-refractivity contribution is 7.81. The average Bonchev–Trinajstić information content (AvgIpc) is 2.98. The van der Waals surface area contributed by atoms with Gasteiger partial charge in [0.15, 0.2) is 0 Å². The van der Waals surface area contributed by atoms with E-state index in [1.165, 1.54) is 18.2 Å². The third-order valence-corrected chi connectivity index (χ3v) is 7.54. The molecule has 0 aromatic heterocycles. The molecule has 0 heterocycles. The van der Waals surface area contributed by atoms with E-state index in [-0.39, 0.29) is 43.6 Å². The van der Waals surface area contributed by atoms with Crippen molar-refractivity contribution in [3.63, 3.8) is 0 Å². The number of nitrogens with zero attached hydrogens (tertiary/aromatic N) is 3. The van der Waals surface area contributed by atoms with Gasteiger partial charge in [0.1, 0.15) is 5.75 Å². The van der Waals surface area contributed by atoms with Crippen LogP contribution in [0.3, 0.4) is 0 Å². The summed E-state index contributed by atoms with van der Waals surface area (Å²) < 4.78 is 38.2. The number of hydrogen-bond donors (Lipinski definition) is 4. The third-order valence-electron chi connectivity index (χ3n) is 7.15. The summed E-state index contributed by atoms with van der Waals surface area (Å²) in [6, 6.07) is 5.84. The highest BCUT2D eigenvalue weighted by atomic mass is 32.3. The molecule has 0 atom stereocenters. The molecule has 0 aliphatic heterocycles. The number of carboxylic acids is 2. The Kier molecular flexibility index (Phi) is 21.2. The van der Waals surface area contributed by atoms with Crippen molar-refractivity contribution in [2.45, 2.75) is 65.2 Å². The number of carbonyl (C=O) groups is 4.